The molecule has 31 heavy (non-hydrogen) atoms. The molecule has 0 aromatic heterocycles. The molecule has 0 saturated carbocycles. The highest BCUT2D eigenvalue weighted by molar-refractivity contribution is 5.83. The van der Waals surface area contributed by atoms with Crippen molar-refractivity contribution in [1.82, 2.24) is 0 Å². The molecule has 7 heteroatoms. The maximum atomic E-state index is 13.7. The molecule has 0 spiro atoms. The van der Waals surface area contributed by atoms with Crippen molar-refractivity contribution in [2.75, 3.05) is 34.4 Å². The van der Waals surface area contributed by atoms with Crippen LogP contribution in [0.3, 0.4) is 0 Å². The third kappa shape index (κ3) is 8.35. The predicted molar refractivity (Wildman–Crippen MR) is 120 cm³/mol. The van der Waals surface area contributed by atoms with Gasteiger partial charge in [0, 0.05) is 19.6 Å². The minimum atomic E-state index is -1.15. The van der Waals surface area contributed by atoms with E-state index in [1.54, 1.807) is 13.8 Å². The highest BCUT2D eigenvalue weighted by Gasteiger charge is 2.52. The first-order valence-corrected chi connectivity index (χ1v) is 11.1. The van der Waals surface area contributed by atoms with Gasteiger partial charge in [0.1, 0.15) is 6.79 Å². The number of carbonyl (C=O) groups excluding carboxylic acids is 2. The van der Waals surface area contributed by atoms with Gasteiger partial charge < -0.3 is 23.7 Å². The molecule has 0 aliphatic rings. The summed E-state index contributed by atoms with van der Waals surface area (Å²) < 4.78 is 26.4. The van der Waals surface area contributed by atoms with E-state index in [0.29, 0.717) is 6.42 Å². The van der Waals surface area contributed by atoms with E-state index in [2.05, 4.69) is 41.5 Å². The largest absolute Gasteiger partial charge is 0.449 e. The topological polar surface area (TPSA) is 80.3 Å². The molecule has 0 radical (unpaired) electrons. The number of hydrogen-bond donors (Lipinski definition) is 0. The fourth-order valence-corrected chi connectivity index (χ4v) is 3.48. The van der Waals surface area contributed by atoms with Gasteiger partial charge in [-0.3, -0.25) is 4.79 Å². The van der Waals surface area contributed by atoms with Crippen LogP contribution < -0.4 is 0 Å². The second-order valence-electron chi connectivity index (χ2n) is 10.7. The van der Waals surface area contributed by atoms with Gasteiger partial charge in [-0.2, -0.15) is 0 Å². The molecule has 2 unspecified atom stereocenters. The highest BCUT2D eigenvalue weighted by Crippen LogP contribution is 2.50. The quantitative estimate of drug-likeness (QED) is 0.200. The third-order valence-corrected chi connectivity index (χ3v) is 6.76. The van der Waals surface area contributed by atoms with Crippen LogP contribution in [-0.4, -0.2) is 52.5 Å². The lowest BCUT2D eigenvalue weighted by Crippen LogP contribution is -2.51. The van der Waals surface area contributed by atoms with E-state index in [9.17, 15) is 9.59 Å². The number of ether oxygens (including phenoxy) is 5. The zero-order valence-electron chi connectivity index (χ0n) is 21.7. The van der Waals surface area contributed by atoms with Crippen LogP contribution in [-0.2, 0) is 33.3 Å². The Hall–Kier alpha value is -1.18. The van der Waals surface area contributed by atoms with Gasteiger partial charge >= 0.3 is 11.9 Å². The Morgan fingerprint density at radius 3 is 1.84 bits per heavy atom. The van der Waals surface area contributed by atoms with E-state index in [0.717, 1.165) is 12.8 Å². The van der Waals surface area contributed by atoms with Crippen LogP contribution in [0.4, 0.5) is 0 Å². The van der Waals surface area contributed by atoms with Gasteiger partial charge in [-0.25, -0.2) is 4.79 Å². The van der Waals surface area contributed by atoms with E-state index in [1.165, 1.54) is 14.2 Å². The molecule has 0 amide bonds. The van der Waals surface area contributed by atoms with Gasteiger partial charge in [0.15, 0.2) is 6.79 Å². The van der Waals surface area contributed by atoms with Crippen molar-refractivity contribution in [1.29, 1.82) is 0 Å². The first kappa shape index (κ1) is 29.8. The molecule has 184 valence electrons. The Morgan fingerprint density at radius 2 is 1.39 bits per heavy atom. The zero-order valence-corrected chi connectivity index (χ0v) is 21.7. The Morgan fingerprint density at radius 1 is 0.839 bits per heavy atom. The molecule has 0 heterocycles. The van der Waals surface area contributed by atoms with Crippen molar-refractivity contribution in [3.8, 4) is 0 Å². The van der Waals surface area contributed by atoms with Crippen LogP contribution >= 0.6 is 0 Å². The Balaban J connectivity index is 6.03. The standard InChI is InChI=1S/C24H46O7/c1-12-21(3,4)14-24(9,23(7,8)13-2)20(26)31-18(19(25)30-17-28-11)22(5,6)15-29-16-27-10/h18H,12-17H2,1-11H3. The Labute approximate surface area is 189 Å². The Bertz CT molecular complexity index is 568. The van der Waals surface area contributed by atoms with Gasteiger partial charge in [-0.05, 0) is 30.6 Å². The molecule has 0 N–H and O–H groups in total. The van der Waals surface area contributed by atoms with Crippen LogP contribution in [0.25, 0.3) is 0 Å². The average Bonchev–Trinajstić information content (AvgIpc) is 2.69. The van der Waals surface area contributed by atoms with E-state index in [1.807, 2.05) is 6.92 Å². The van der Waals surface area contributed by atoms with Crippen molar-refractivity contribution in [2.45, 2.75) is 87.7 Å². The molecular weight excluding hydrogens is 400 g/mol. The smallest absolute Gasteiger partial charge is 0.350 e. The number of methoxy groups -OCH3 is 2. The maximum absolute atomic E-state index is 13.7. The fourth-order valence-electron chi connectivity index (χ4n) is 3.48. The number of hydrogen-bond acceptors (Lipinski definition) is 7. The lowest BCUT2D eigenvalue weighted by Gasteiger charge is -2.46. The van der Waals surface area contributed by atoms with Crippen molar-refractivity contribution >= 4 is 11.9 Å². The van der Waals surface area contributed by atoms with Crippen LogP contribution in [0.1, 0.15) is 81.6 Å². The first-order chi connectivity index (χ1) is 14.1. The summed E-state index contributed by atoms with van der Waals surface area (Å²) in [7, 11) is 2.94. The molecule has 0 aromatic carbocycles. The van der Waals surface area contributed by atoms with Gasteiger partial charge in [-0.15, -0.1) is 0 Å². The summed E-state index contributed by atoms with van der Waals surface area (Å²) >= 11 is 0. The molecule has 0 aliphatic heterocycles. The summed E-state index contributed by atoms with van der Waals surface area (Å²) in [6.45, 7) is 18.2. The van der Waals surface area contributed by atoms with Crippen LogP contribution in [0.5, 0.6) is 0 Å². The molecule has 0 rings (SSSR count). The van der Waals surface area contributed by atoms with Crippen molar-refractivity contribution in [3.63, 3.8) is 0 Å². The van der Waals surface area contributed by atoms with Crippen LogP contribution in [0.2, 0.25) is 0 Å². The minimum absolute atomic E-state index is 0.0661. The molecule has 2 atom stereocenters. The number of rotatable bonds is 15. The summed E-state index contributed by atoms with van der Waals surface area (Å²) in [5, 5.41) is 0. The summed E-state index contributed by atoms with van der Waals surface area (Å²) in [5.74, 6) is -1.06. The van der Waals surface area contributed by atoms with Crippen molar-refractivity contribution in [3.05, 3.63) is 0 Å². The molecule has 0 bridgehead atoms. The summed E-state index contributed by atoms with van der Waals surface area (Å²) in [6, 6.07) is 0. The fraction of sp³-hybridized carbons (Fsp3) is 0.917. The van der Waals surface area contributed by atoms with Crippen LogP contribution in [0.15, 0.2) is 0 Å². The third-order valence-electron chi connectivity index (χ3n) is 6.76. The molecule has 0 aromatic rings. The van der Waals surface area contributed by atoms with Crippen LogP contribution in [0, 0.1) is 21.7 Å². The maximum Gasteiger partial charge on any atom is 0.350 e. The van der Waals surface area contributed by atoms with E-state index in [-0.39, 0.29) is 31.0 Å². The van der Waals surface area contributed by atoms with Gasteiger partial charge in [0.2, 0.25) is 6.10 Å². The second-order valence-corrected chi connectivity index (χ2v) is 10.7. The van der Waals surface area contributed by atoms with E-state index < -0.39 is 28.9 Å². The Kier molecular flexibility index (Phi) is 11.7. The summed E-state index contributed by atoms with van der Waals surface area (Å²) in [5.41, 5.74) is -2.04. The first-order valence-electron chi connectivity index (χ1n) is 11.1. The van der Waals surface area contributed by atoms with Gasteiger partial charge in [0.25, 0.3) is 0 Å². The average molecular weight is 447 g/mol. The number of esters is 2. The normalized spacial score (nSPS) is 15.8. The van der Waals surface area contributed by atoms with Gasteiger partial charge in [-0.1, -0.05) is 61.8 Å². The molecule has 0 aliphatic carbocycles. The predicted octanol–water partition coefficient (Wildman–Crippen LogP) is 4.96. The molecular formula is C24H46O7. The molecule has 0 fully saturated rings. The highest BCUT2D eigenvalue weighted by atomic mass is 16.7. The van der Waals surface area contributed by atoms with Crippen molar-refractivity contribution in [2.24, 2.45) is 21.7 Å². The second kappa shape index (κ2) is 12.2. The molecule has 7 nitrogen and oxygen atoms in total. The lowest BCUT2D eigenvalue weighted by atomic mass is 9.58. The lowest BCUT2D eigenvalue weighted by molar-refractivity contribution is -0.198. The minimum Gasteiger partial charge on any atom is -0.449 e. The molecule has 0 saturated heterocycles. The summed E-state index contributed by atoms with van der Waals surface area (Å²) in [4.78, 5) is 26.5. The number of carbonyl (C=O) groups is 2. The SMILES string of the molecule is CCC(C)(C)CC(C)(C(=O)OC(C(=O)OCOC)C(C)(C)COCOC)C(C)(C)CC. The van der Waals surface area contributed by atoms with E-state index >= 15 is 0 Å². The van der Waals surface area contributed by atoms with E-state index in [4.69, 9.17) is 23.7 Å². The van der Waals surface area contributed by atoms with Gasteiger partial charge in [0.05, 0.1) is 12.0 Å². The monoisotopic (exact) mass is 446 g/mol. The summed E-state index contributed by atoms with van der Waals surface area (Å²) in [6.07, 6.45) is 1.20. The zero-order chi connectivity index (χ0) is 24.5. The van der Waals surface area contributed by atoms with Crippen molar-refractivity contribution < 1.29 is 33.3 Å².